The number of aromatic nitrogens is 2. The monoisotopic (exact) mass is 562 g/mol. The fourth-order valence-corrected chi connectivity index (χ4v) is 5.43. The summed E-state index contributed by atoms with van der Waals surface area (Å²) >= 11 is 0. The van der Waals surface area contributed by atoms with Gasteiger partial charge in [0.25, 0.3) is 11.6 Å². The number of nitrogens with zero attached hydrogens (tertiary/aromatic N) is 4. The SMILES string of the molecule is Cn1cnc(-c2ccc(NC(=C3C(=O)Nc4ccc([N+](=O)[O-])cc43)c3ccc(CCN4CCCCC4=O)cc3)cc2)c1. The lowest BCUT2D eigenvalue weighted by molar-refractivity contribution is -0.384. The number of nitro benzene ring substituents is 1. The van der Waals surface area contributed by atoms with E-state index in [1.165, 1.54) is 12.1 Å². The summed E-state index contributed by atoms with van der Waals surface area (Å²) in [6, 6.07) is 20.0. The smallest absolute Gasteiger partial charge is 0.270 e. The lowest BCUT2D eigenvalue weighted by atomic mass is 9.98. The number of nitrogens with one attached hydrogen (secondary N) is 2. The van der Waals surface area contributed by atoms with Crippen LogP contribution in [0.4, 0.5) is 17.1 Å². The Morgan fingerprint density at radius 1 is 1.05 bits per heavy atom. The first-order valence-electron chi connectivity index (χ1n) is 13.9. The number of imidazole rings is 1. The Balaban J connectivity index is 1.34. The molecule has 6 rings (SSSR count). The van der Waals surface area contributed by atoms with E-state index in [1.807, 2.05) is 71.2 Å². The number of nitro groups is 1. The summed E-state index contributed by atoms with van der Waals surface area (Å²) in [6.07, 6.45) is 7.03. The fraction of sp³-hybridized carbons (Fsp3) is 0.219. The van der Waals surface area contributed by atoms with Crippen molar-refractivity contribution in [1.29, 1.82) is 0 Å². The standard InChI is InChI=1S/C32H30N6O4/c1-36-19-28(33-20-36)22-9-11-24(12-10-22)34-31(30-26-18-25(38(41)42)13-14-27(26)35-32(30)40)23-7-5-21(6-8-23)15-17-37-16-3-2-4-29(37)39/h5-14,18-20,34H,2-4,15-17H2,1H3,(H,35,40). The molecule has 2 aliphatic rings. The molecule has 3 heterocycles. The van der Waals surface area contributed by atoms with E-state index in [1.54, 1.807) is 12.4 Å². The quantitative estimate of drug-likeness (QED) is 0.167. The van der Waals surface area contributed by atoms with Crippen LogP contribution in [0.15, 0.2) is 79.3 Å². The molecule has 0 radical (unpaired) electrons. The minimum atomic E-state index is -0.466. The summed E-state index contributed by atoms with van der Waals surface area (Å²) in [5.74, 6) is -0.131. The number of hydrogen-bond donors (Lipinski definition) is 2. The molecule has 0 aliphatic carbocycles. The van der Waals surface area contributed by atoms with Gasteiger partial charge in [-0.2, -0.15) is 0 Å². The van der Waals surface area contributed by atoms with Crippen LogP contribution in [0.1, 0.15) is 36.0 Å². The highest BCUT2D eigenvalue weighted by molar-refractivity contribution is 6.37. The number of likely N-dealkylation sites (tertiary alicyclic amines) is 1. The van der Waals surface area contributed by atoms with E-state index in [4.69, 9.17) is 0 Å². The molecule has 1 fully saturated rings. The highest BCUT2D eigenvalue weighted by Gasteiger charge is 2.30. The first kappa shape index (κ1) is 26.9. The summed E-state index contributed by atoms with van der Waals surface area (Å²) < 4.78 is 1.88. The highest BCUT2D eigenvalue weighted by Crippen LogP contribution is 2.39. The number of carbonyl (C=O) groups excluding carboxylic acids is 2. The van der Waals surface area contributed by atoms with Crippen LogP contribution in [0.25, 0.3) is 22.5 Å². The van der Waals surface area contributed by atoms with Crippen LogP contribution in [-0.4, -0.2) is 44.3 Å². The molecule has 4 aromatic rings. The second-order valence-corrected chi connectivity index (χ2v) is 10.6. The van der Waals surface area contributed by atoms with Gasteiger partial charge in [-0.3, -0.25) is 19.7 Å². The molecule has 0 unspecified atom stereocenters. The van der Waals surface area contributed by atoms with Crippen molar-refractivity contribution in [3.63, 3.8) is 0 Å². The third kappa shape index (κ3) is 5.51. The van der Waals surface area contributed by atoms with Gasteiger partial charge in [0.15, 0.2) is 0 Å². The van der Waals surface area contributed by atoms with Crippen LogP contribution >= 0.6 is 0 Å². The normalized spacial score (nSPS) is 15.8. The molecule has 10 heteroatoms. The maximum Gasteiger partial charge on any atom is 0.270 e. The van der Waals surface area contributed by atoms with Gasteiger partial charge >= 0.3 is 0 Å². The Bertz CT molecular complexity index is 1710. The van der Waals surface area contributed by atoms with Gasteiger partial charge in [0.05, 0.1) is 28.2 Å². The zero-order valence-electron chi connectivity index (χ0n) is 23.2. The average molecular weight is 563 g/mol. The maximum absolute atomic E-state index is 13.3. The van der Waals surface area contributed by atoms with Gasteiger partial charge in [-0.25, -0.2) is 4.98 Å². The minimum absolute atomic E-state index is 0.0931. The molecule has 0 saturated carbocycles. The zero-order chi connectivity index (χ0) is 29.2. The summed E-state index contributed by atoms with van der Waals surface area (Å²) in [6.45, 7) is 1.48. The van der Waals surface area contributed by atoms with Crippen molar-refractivity contribution in [2.24, 2.45) is 7.05 Å². The van der Waals surface area contributed by atoms with E-state index in [2.05, 4.69) is 15.6 Å². The number of anilines is 2. The van der Waals surface area contributed by atoms with Crippen molar-refractivity contribution in [2.75, 3.05) is 23.7 Å². The Labute approximate surface area is 242 Å². The number of piperidine rings is 1. The Hall–Kier alpha value is -5.25. The van der Waals surface area contributed by atoms with Crippen molar-refractivity contribution in [1.82, 2.24) is 14.5 Å². The molecule has 0 spiro atoms. The molecule has 1 aromatic heterocycles. The summed E-state index contributed by atoms with van der Waals surface area (Å²) in [5.41, 5.74) is 6.14. The van der Waals surface area contributed by atoms with Crippen molar-refractivity contribution < 1.29 is 14.5 Å². The molecule has 212 valence electrons. The van der Waals surface area contributed by atoms with Crippen molar-refractivity contribution in [2.45, 2.75) is 25.7 Å². The lowest BCUT2D eigenvalue weighted by Crippen LogP contribution is -2.36. The number of amides is 2. The fourth-order valence-electron chi connectivity index (χ4n) is 5.43. The molecule has 2 amide bonds. The Morgan fingerprint density at radius 3 is 2.52 bits per heavy atom. The molecule has 2 N–H and O–H groups in total. The van der Waals surface area contributed by atoms with Gasteiger partial charge in [0, 0.05) is 67.4 Å². The topological polar surface area (TPSA) is 122 Å². The molecular formula is C32H30N6O4. The van der Waals surface area contributed by atoms with E-state index >= 15 is 0 Å². The van der Waals surface area contributed by atoms with Gasteiger partial charge < -0.3 is 20.1 Å². The molecule has 3 aromatic carbocycles. The molecule has 2 aliphatic heterocycles. The summed E-state index contributed by atoms with van der Waals surface area (Å²) in [7, 11) is 1.91. The number of hydrogen-bond acceptors (Lipinski definition) is 6. The average Bonchev–Trinajstić information content (AvgIpc) is 3.58. The van der Waals surface area contributed by atoms with E-state index in [0.29, 0.717) is 35.5 Å². The van der Waals surface area contributed by atoms with Crippen LogP contribution in [0.2, 0.25) is 0 Å². The minimum Gasteiger partial charge on any atom is -0.354 e. The van der Waals surface area contributed by atoms with Gasteiger partial charge in [-0.05, 0) is 48.6 Å². The number of fused-ring (bicyclic) bond motifs is 1. The number of aryl methyl sites for hydroxylation is 1. The third-order valence-electron chi connectivity index (χ3n) is 7.70. The van der Waals surface area contributed by atoms with Gasteiger partial charge in [-0.15, -0.1) is 0 Å². The van der Waals surface area contributed by atoms with E-state index < -0.39 is 4.92 Å². The third-order valence-corrected chi connectivity index (χ3v) is 7.70. The maximum atomic E-state index is 13.3. The van der Waals surface area contributed by atoms with Crippen molar-refractivity contribution in [3.8, 4) is 11.3 Å². The number of non-ortho nitro benzene ring substituents is 1. The molecule has 42 heavy (non-hydrogen) atoms. The van der Waals surface area contributed by atoms with Crippen LogP contribution in [-0.2, 0) is 23.1 Å². The molecule has 1 saturated heterocycles. The zero-order valence-corrected chi connectivity index (χ0v) is 23.2. The number of carbonyl (C=O) groups is 2. The lowest BCUT2D eigenvalue weighted by Gasteiger charge is -2.26. The van der Waals surface area contributed by atoms with Gasteiger partial charge in [-0.1, -0.05) is 36.4 Å². The second-order valence-electron chi connectivity index (χ2n) is 10.6. The first-order valence-corrected chi connectivity index (χ1v) is 13.9. The van der Waals surface area contributed by atoms with Crippen LogP contribution in [0, 0.1) is 10.1 Å². The highest BCUT2D eigenvalue weighted by atomic mass is 16.6. The predicted octanol–water partition coefficient (Wildman–Crippen LogP) is 5.48. The number of rotatable bonds is 8. The Morgan fingerprint density at radius 2 is 1.83 bits per heavy atom. The second kappa shape index (κ2) is 11.3. The van der Waals surface area contributed by atoms with Crippen molar-refractivity contribution >= 4 is 40.1 Å². The van der Waals surface area contributed by atoms with Crippen LogP contribution in [0.3, 0.4) is 0 Å². The van der Waals surface area contributed by atoms with E-state index in [9.17, 15) is 19.7 Å². The molecular weight excluding hydrogens is 532 g/mol. The summed E-state index contributed by atoms with van der Waals surface area (Å²) in [5, 5.41) is 17.8. The Kier molecular flexibility index (Phi) is 7.26. The van der Waals surface area contributed by atoms with E-state index in [0.717, 1.165) is 53.9 Å². The molecule has 10 nitrogen and oxygen atoms in total. The van der Waals surface area contributed by atoms with Gasteiger partial charge in [0.2, 0.25) is 5.91 Å². The number of benzene rings is 3. The summed E-state index contributed by atoms with van der Waals surface area (Å²) in [4.78, 5) is 42.9. The van der Waals surface area contributed by atoms with E-state index in [-0.39, 0.29) is 17.5 Å². The predicted molar refractivity (Wildman–Crippen MR) is 161 cm³/mol. The van der Waals surface area contributed by atoms with Gasteiger partial charge in [0.1, 0.15) is 0 Å². The molecule has 0 bridgehead atoms. The largest absolute Gasteiger partial charge is 0.354 e. The molecule has 0 atom stereocenters. The first-order chi connectivity index (χ1) is 20.4. The van der Waals surface area contributed by atoms with Crippen LogP contribution < -0.4 is 10.6 Å². The van der Waals surface area contributed by atoms with Crippen LogP contribution in [0.5, 0.6) is 0 Å². The van der Waals surface area contributed by atoms with Crippen molar-refractivity contribution in [3.05, 3.63) is 106 Å².